The number of hydrogen-bond donors (Lipinski definition) is 1. The maximum absolute atomic E-state index is 5.75. The lowest BCUT2D eigenvalue weighted by Crippen LogP contribution is -2.40. The summed E-state index contributed by atoms with van der Waals surface area (Å²) in [5.41, 5.74) is 2.41. The second-order valence-electron chi connectivity index (χ2n) is 5.85. The minimum absolute atomic E-state index is 0.0188. The van der Waals surface area contributed by atoms with Gasteiger partial charge in [-0.05, 0) is 64.3 Å². The van der Waals surface area contributed by atoms with Gasteiger partial charge >= 0.3 is 0 Å². The van der Waals surface area contributed by atoms with Gasteiger partial charge in [-0.1, -0.05) is 0 Å². The van der Waals surface area contributed by atoms with E-state index in [1.54, 1.807) is 0 Å². The average Bonchev–Trinajstić information content (AvgIpc) is 2.32. The van der Waals surface area contributed by atoms with Gasteiger partial charge in [0, 0.05) is 18.3 Å². The summed E-state index contributed by atoms with van der Waals surface area (Å²) >= 11 is 0. The van der Waals surface area contributed by atoms with Crippen LogP contribution in [-0.2, 0) is 4.74 Å². The van der Waals surface area contributed by atoms with E-state index in [2.05, 4.69) is 38.2 Å². The van der Waals surface area contributed by atoms with E-state index in [9.17, 15) is 0 Å². The Bertz CT molecular complexity index is 429. The first-order valence-electron chi connectivity index (χ1n) is 7.14. The highest BCUT2D eigenvalue weighted by atomic mass is 16.5. The van der Waals surface area contributed by atoms with Crippen LogP contribution in [0.4, 0.5) is 5.69 Å². The molecular weight excluding hydrogens is 238 g/mol. The Balaban J connectivity index is 2.02. The van der Waals surface area contributed by atoms with Crippen molar-refractivity contribution in [3.63, 3.8) is 0 Å². The van der Waals surface area contributed by atoms with Gasteiger partial charge in [0.2, 0.25) is 0 Å². The van der Waals surface area contributed by atoms with Gasteiger partial charge in [-0.15, -0.1) is 0 Å². The van der Waals surface area contributed by atoms with Gasteiger partial charge in [-0.2, -0.15) is 0 Å². The van der Waals surface area contributed by atoms with Crippen molar-refractivity contribution in [3.8, 4) is 5.75 Å². The topological polar surface area (TPSA) is 30.5 Å². The molecule has 0 saturated carbocycles. The molecule has 1 fully saturated rings. The predicted molar refractivity (Wildman–Crippen MR) is 79.0 cm³/mol. The smallest absolute Gasteiger partial charge is 0.119 e. The van der Waals surface area contributed by atoms with E-state index in [1.165, 1.54) is 11.3 Å². The fourth-order valence-corrected chi connectivity index (χ4v) is 2.63. The summed E-state index contributed by atoms with van der Waals surface area (Å²) in [6.45, 7) is 9.99. The zero-order valence-corrected chi connectivity index (χ0v) is 12.5. The second-order valence-corrected chi connectivity index (χ2v) is 5.85. The molecule has 3 heteroatoms. The standard InChI is InChI=1S/C16H25NO2/c1-5-18-14-6-7-15(12(2)10-14)17-13-8-9-19-16(3,4)11-13/h6-7,10,13,17H,5,8-9,11H2,1-4H3. The number of ether oxygens (including phenoxy) is 2. The van der Waals surface area contributed by atoms with Crippen molar-refractivity contribution in [3.05, 3.63) is 23.8 Å². The lowest BCUT2D eigenvalue weighted by molar-refractivity contribution is -0.0553. The Hall–Kier alpha value is -1.22. The first-order valence-corrected chi connectivity index (χ1v) is 7.14. The molecule has 1 aliphatic heterocycles. The third kappa shape index (κ3) is 3.87. The fourth-order valence-electron chi connectivity index (χ4n) is 2.63. The van der Waals surface area contributed by atoms with Crippen molar-refractivity contribution < 1.29 is 9.47 Å². The summed E-state index contributed by atoms with van der Waals surface area (Å²) in [7, 11) is 0. The summed E-state index contributed by atoms with van der Waals surface area (Å²) in [6, 6.07) is 6.72. The third-order valence-corrected chi connectivity index (χ3v) is 3.57. The van der Waals surface area contributed by atoms with Gasteiger partial charge in [0.05, 0.1) is 12.2 Å². The molecule has 1 unspecified atom stereocenters. The number of nitrogens with one attached hydrogen (secondary N) is 1. The summed E-state index contributed by atoms with van der Waals surface area (Å²) in [6.07, 6.45) is 2.11. The normalized spacial score (nSPS) is 22.0. The second kappa shape index (κ2) is 5.83. The van der Waals surface area contributed by atoms with Crippen LogP contribution in [0.5, 0.6) is 5.75 Å². The van der Waals surface area contributed by atoms with Crippen molar-refractivity contribution in [1.82, 2.24) is 0 Å². The minimum atomic E-state index is -0.0188. The number of benzene rings is 1. The predicted octanol–water partition coefficient (Wildman–Crippen LogP) is 3.76. The van der Waals surface area contributed by atoms with Crippen molar-refractivity contribution in [2.24, 2.45) is 0 Å². The molecule has 2 rings (SSSR count). The number of anilines is 1. The van der Waals surface area contributed by atoms with Crippen molar-refractivity contribution in [2.45, 2.75) is 52.2 Å². The van der Waals surface area contributed by atoms with Crippen LogP contribution in [0.15, 0.2) is 18.2 Å². The molecule has 0 aliphatic carbocycles. The largest absolute Gasteiger partial charge is 0.494 e. The highest BCUT2D eigenvalue weighted by Crippen LogP contribution is 2.28. The molecule has 106 valence electrons. The highest BCUT2D eigenvalue weighted by Gasteiger charge is 2.28. The summed E-state index contributed by atoms with van der Waals surface area (Å²) in [5, 5.41) is 3.64. The van der Waals surface area contributed by atoms with E-state index in [0.29, 0.717) is 12.6 Å². The van der Waals surface area contributed by atoms with E-state index in [-0.39, 0.29) is 5.60 Å². The van der Waals surface area contributed by atoms with E-state index in [0.717, 1.165) is 25.2 Å². The zero-order valence-electron chi connectivity index (χ0n) is 12.5. The maximum atomic E-state index is 5.75. The highest BCUT2D eigenvalue weighted by molar-refractivity contribution is 5.54. The molecule has 1 saturated heterocycles. The van der Waals surface area contributed by atoms with E-state index < -0.39 is 0 Å². The Morgan fingerprint density at radius 3 is 2.84 bits per heavy atom. The number of aryl methyl sites for hydroxylation is 1. The van der Waals surface area contributed by atoms with Crippen molar-refractivity contribution in [2.75, 3.05) is 18.5 Å². The maximum Gasteiger partial charge on any atom is 0.119 e. The molecule has 1 N–H and O–H groups in total. The molecule has 1 aromatic rings. The van der Waals surface area contributed by atoms with Gasteiger partial charge < -0.3 is 14.8 Å². The molecule has 19 heavy (non-hydrogen) atoms. The number of rotatable bonds is 4. The zero-order chi connectivity index (χ0) is 13.9. The molecule has 0 amide bonds. The van der Waals surface area contributed by atoms with E-state index >= 15 is 0 Å². The molecule has 1 aliphatic rings. The van der Waals surface area contributed by atoms with Crippen molar-refractivity contribution in [1.29, 1.82) is 0 Å². The average molecular weight is 263 g/mol. The van der Waals surface area contributed by atoms with Gasteiger partial charge in [0.15, 0.2) is 0 Å². The molecule has 0 radical (unpaired) electrons. The Kier molecular flexibility index (Phi) is 4.35. The quantitative estimate of drug-likeness (QED) is 0.897. The van der Waals surface area contributed by atoms with Crippen LogP contribution in [0.2, 0.25) is 0 Å². The minimum Gasteiger partial charge on any atom is -0.494 e. The van der Waals surface area contributed by atoms with Gasteiger partial charge in [-0.25, -0.2) is 0 Å². The van der Waals surface area contributed by atoms with Crippen LogP contribution in [0.1, 0.15) is 39.2 Å². The lowest BCUT2D eigenvalue weighted by atomic mass is 9.93. The molecule has 1 heterocycles. The lowest BCUT2D eigenvalue weighted by Gasteiger charge is -2.36. The molecule has 0 spiro atoms. The summed E-state index contributed by atoms with van der Waals surface area (Å²) in [5.74, 6) is 0.942. The molecule has 0 bridgehead atoms. The molecule has 3 nitrogen and oxygen atoms in total. The van der Waals surface area contributed by atoms with Crippen molar-refractivity contribution >= 4 is 5.69 Å². The Morgan fingerprint density at radius 1 is 1.42 bits per heavy atom. The third-order valence-electron chi connectivity index (χ3n) is 3.57. The van der Waals surface area contributed by atoms with Crippen LogP contribution >= 0.6 is 0 Å². The van der Waals surface area contributed by atoms with Gasteiger partial charge in [0.25, 0.3) is 0 Å². The molecule has 0 aromatic heterocycles. The molecule has 1 aromatic carbocycles. The van der Waals surface area contributed by atoms with Crippen LogP contribution in [0.3, 0.4) is 0 Å². The van der Waals surface area contributed by atoms with E-state index in [1.807, 2.05) is 13.0 Å². The summed E-state index contributed by atoms with van der Waals surface area (Å²) < 4.78 is 11.3. The Labute approximate surface area is 116 Å². The first-order chi connectivity index (χ1) is 9.00. The van der Waals surface area contributed by atoms with Crippen LogP contribution < -0.4 is 10.1 Å². The van der Waals surface area contributed by atoms with E-state index in [4.69, 9.17) is 9.47 Å². The summed E-state index contributed by atoms with van der Waals surface area (Å²) in [4.78, 5) is 0. The van der Waals surface area contributed by atoms with Gasteiger partial charge in [-0.3, -0.25) is 0 Å². The SMILES string of the molecule is CCOc1ccc(NC2CCOC(C)(C)C2)c(C)c1. The monoisotopic (exact) mass is 263 g/mol. The van der Waals surface area contributed by atoms with Crippen LogP contribution in [0, 0.1) is 6.92 Å². The molecule has 1 atom stereocenters. The van der Waals surface area contributed by atoms with Crippen LogP contribution in [-0.4, -0.2) is 24.9 Å². The van der Waals surface area contributed by atoms with Crippen LogP contribution in [0.25, 0.3) is 0 Å². The first kappa shape index (κ1) is 14.2. The fraction of sp³-hybridized carbons (Fsp3) is 0.625. The van der Waals surface area contributed by atoms with Gasteiger partial charge in [0.1, 0.15) is 5.75 Å². The Morgan fingerprint density at radius 2 is 2.21 bits per heavy atom. The number of hydrogen-bond acceptors (Lipinski definition) is 3. The molecular formula is C16H25NO2.